The topological polar surface area (TPSA) is 72.5 Å². The standard InChI is InChI=1S/C9H9F2NO3S/c10-6-3-5(4-7(12)9(13)14)1-2-8(6)15-16-11/h1-3,7H,4,12H2,(H,13,14). The Morgan fingerprint density at radius 1 is 1.62 bits per heavy atom. The van der Waals surface area contributed by atoms with Crippen molar-refractivity contribution in [1.29, 1.82) is 0 Å². The van der Waals surface area contributed by atoms with Crippen molar-refractivity contribution in [2.24, 2.45) is 5.73 Å². The second-order valence-corrected chi connectivity index (χ2v) is 3.35. The normalized spacial score (nSPS) is 12.2. The third kappa shape index (κ3) is 3.35. The Balaban J connectivity index is 2.77. The number of carboxylic acids is 1. The molecule has 1 aromatic rings. The molecule has 0 radical (unpaired) electrons. The van der Waals surface area contributed by atoms with Crippen LogP contribution in [0, 0.1) is 5.82 Å². The van der Waals surface area contributed by atoms with Gasteiger partial charge in [0.25, 0.3) is 12.4 Å². The molecule has 0 aromatic heterocycles. The van der Waals surface area contributed by atoms with Crippen LogP contribution in [0.1, 0.15) is 5.56 Å². The van der Waals surface area contributed by atoms with Gasteiger partial charge < -0.3 is 15.0 Å². The molecule has 1 atom stereocenters. The quantitative estimate of drug-likeness (QED) is 0.777. The fourth-order valence-corrected chi connectivity index (χ4v) is 1.32. The summed E-state index contributed by atoms with van der Waals surface area (Å²) in [5.41, 5.74) is 5.68. The molecule has 7 heteroatoms. The molecule has 88 valence electrons. The third-order valence-electron chi connectivity index (χ3n) is 1.89. The van der Waals surface area contributed by atoms with Gasteiger partial charge in [0.15, 0.2) is 11.6 Å². The lowest BCUT2D eigenvalue weighted by Gasteiger charge is -2.07. The van der Waals surface area contributed by atoms with Crippen molar-refractivity contribution in [3.8, 4) is 5.75 Å². The minimum Gasteiger partial charge on any atom is -0.480 e. The Morgan fingerprint density at radius 3 is 2.81 bits per heavy atom. The lowest BCUT2D eigenvalue weighted by Crippen LogP contribution is -2.32. The zero-order valence-electron chi connectivity index (χ0n) is 8.02. The maximum Gasteiger partial charge on any atom is 0.320 e. The molecule has 0 aliphatic heterocycles. The smallest absolute Gasteiger partial charge is 0.320 e. The number of hydrogen-bond acceptors (Lipinski definition) is 4. The first-order chi connectivity index (χ1) is 7.54. The monoisotopic (exact) mass is 249 g/mol. The van der Waals surface area contributed by atoms with E-state index in [0.29, 0.717) is 5.56 Å². The maximum absolute atomic E-state index is 13.2. The molecule has 1 rings (SSSR count). The third-order valence-corrected chi connectivity index (χ3v) is 2.13. The van der Waals surface area contributed by atoms with Crippen molar-refractivity contribution in [2.45, 2.75) is 12.5 Å². The van der Waals surface area contributed by atoms with Gasteiger partial charge in [0.1, 0.15) is 6.04 Å². The zero-order valence-corrected chi connectivity index (χ0v) is 8.84. The van der Waals surface area contributed by atoms with Gasteiger partial charge in [0, 0.05) is 0 Å². The number of nitrogens with two attached hydrogens (primary N) is 1. The molecular weight excluding hydrogens is 240 g/mol. The van der Waals surface area contributed by atoms with E-state index in [1.807, 2.05) is 0 Å². The van der Waals surface area contributed by atoms with Crippen LogP contribution < -0.4 is 9.92 Å². The Kier molecular flexibility index (Phi) is 4.51. The lowest BCUT2D eigenvalue weighted by molar-refractivity contribution is -0.138. The van der Waals surface area contributed by atoms with Crippen LogP contribution in [0.3, 0.4) is 0 Å². The predicted molar refractivity (Wildman–Crippen MR) is 55.0 cm³/mol. The predicted octanol–water partition coefficient (Wildman–Crippen LogP) is 1.69. The van der Waals surface area contributed by atoms with Gasteiger partial charge in [-0.2, -0.15) is 0 Å². The lowest BCUT2D eigenvalue weighted by atomic mass is 10.1. The number of hydrogen-bond donors (Lipinski definition) is 2. The SMILES string of the molecule is NC(Cc1ccc(OSF)c(F)c1)C(=O)O. The highest BCUT2D eigenvalue weighted by atomic mass is 32.2. The van der Waals surface area contributed by atoms with E-state index in [1.165, 1.54) is 12.1 Å². The number of benzene rings is 1. The molecule has 0 spiro atoms. The van der Waals surface area contributed by atoms with Crippen LogP contribution in [0.2, 0.25) is 0 Å². The molecule has 0 fully saturated rings. The summed E-state index contributed by atoms with van der Waals surface area (Å²) in [5.74, 6) is -2.18. The Morgan fingerprint density at radius 2 is 2.31 bits per heavy atom. The van der Waals surface area contributed by atoms with Gasteiger partial charge >= 0.3 is 5.97 Å². The van der Waals surface area contributed by atoms with Crippen molar-refractivity contribution in [2.75, 3.05) is 0 Å². The number of rotatable bonds is 5. The van der Waals surface area contributed by atoms with Gasteiger partial charge in [0.2, 0.25) is 0 Å². The van der Waals surface area contributed by atoms with E-state index in [4.69, 9.17) is 10.8 Å². The highest BCUT2D eigenvalue weighted by Crippen LogP contribution is 2.22. The summed E-state index contributed by atoms with van der Waals surface area (Å²) in [4.78, 5) is 10.5. The molecule has 0 aliphatic rings. The van der Waals surface area contributed by atoms with Gasteiger partial charge in [-0.3, -0.25) is 4.79 Å². The van der Waals surface area contributed by atoms with E-state index in [9.17, 15) is 13.1 Å². The van der Waals surface area contributed by atoms with Crippen LogP contribution in [0.25, 0.3) is 0 Å². The van der Waals surface area contributed by atoms with E-state index in [-0.39, 0.29) is 12.2 Å². The highest BCUT2D eigenvalue weighted by Gasteiger charge is 2.13. The van der Waals surface area contributed by atoms with E-state index < -0.39 is 30.3 Å². The average Bonchev–Trinajstić information content (AvgIpc) is 2.22. The van der Waals surface area contributed by atoms with Crippen LogP contribution in [-0.2, 0) is 11.2 Å². The van der Waals surface area contributed by atoms with Crippen LogP contribution in [-0.4, -0.2) is 17.1 Å². The summed E-state index contributed by atoms with van der Waals surface area (Å²) >= 11 is -0.465. The summed E-state index contributed by atoms with van der Waals surface area (Å²) < 4.78 is 29.2. The zero-order chi connectivity index (χ0) is 12.1. The van der Waals surface area contributed by atoms with Crippen LogP contribution >= 0.6 is 12.4 Å². The number of halogens is 2. The van der Waals surface area contributed by atoms with Crippen LogP contribution in [0.4, 0.5) is 8.28 Å². The summed E-state index contributed by atoms with van der Waals surface area (Å²) in [6.07, 6.45) is -0.00466. The largest absolute Gasteiger partial charge is 0.480 e. The first kappa shape index (κ1) is 12.7. The summed E-state index contributed by atoms with van der Waals surface area (Å²) in [5, 5.41) is 8.56. The molecule has 0 aliphatic carbocycles. The summed E-state index contributed by atoms with van der Waals surface area (Å²) in [6.45, 7) is 0. The van der Waals surface area contributed by atoms with Crippen LogP contribution in [0.5, 0.6) is 5.75 Å². The van der Waals surface area contributed by atoms with Crippen molar-refractivity contribution in [3.05, 3.63) is 29.6 Å². The Bertz CT molecular complexity index is 389. The fourth-order valence-electron chi connectivity index (χ4n) is 1.11. The molecule has 0 bridgehead atoms. The minimum atomic E-state index is -1.17. The van der Waals surface area contributed by atoms with Crippen molar-refractivity contribution >= 4 is 18.4 Å². The first-order valence-electron chi connectivity index (χ1n) is 4.26. The van der Waals surface area contributed by atoms with E-state index >= 15 is 0 Å². The van der Waals surface area contributed by atoms with Crippen molar-refractivity contribution in [3.63, 3.8) is 0 Å². The molecule has 0 saturated carbocycles. The van der Waals surface area contributed by atoms with Gasteiger partial charge in [-0.15, -0.1) is 3.89 Å². The van der Waals surface area contributed by atoms with Crippen molar-refractivity contribution in [1.82, 2.24) is 0 Å². The molecule has 0 amide bonds. The number of carboxylic acid groups (broad SMARTS) is 1. The average molecular weight is 249 g/mol. The number of carbonyl (C=O) groups is 1. The molecule has 1 aromatic carbocycles. The second-order valence-electron chi connectivity index (χ2n) is 3.06. The highest BCUT2D eigenvalue weighted by molar-refractivity contribution is 7.89. The van der Waals surface area contributed by atoms with Gasteiger partial charge in [-0.1, -0.05) is 6.07 Å². The molecule has 0 saturated heterocycles. The first-order valence-corrected chi connectivity index (χ1v) is 4.91. The van der Waals surface area contributed by atoms with Crippen molar-refractivity contribution < 1.29 is 22.4 Å². The molecule has 0 heterocycles. The molecule has 16 heavy (non-hydrogen) atoms. The maximum atomic E-state index is 13.2. The summed E-state index contributed by atoms with van der Waals surface area (Å²) in [6, 6.07) is 2.61. The van der Waals surface area contributed by atoms with E-state index in [2.05, 4.69) is 4.18 Å². The van der Waals surface area contributed by atoms with Gasteiger partial charge in [0.05, 0.1) is 0 Å². The number of aliphatic carboxylic acids is 1. The molecule has 4 nitrogen and oxygen atoms in total. The second kappa shape index (κ2) is 5.66. The summed E-state index contributed by atoms with van der Waals surface area (Å²) in [7, 11) is 0. The molecule has 1 unspecified atom stereocenters. The van der Waals surface area contributed by atoms with Gasteiger partial charge in [-0.05, 0) is 24.1 Å². The van der Waals surface area contributed by atoms with Gasteiger partial charge in [-0.25, -0.2) is 4.39 Å². The Hall–Kier alpha value is -1.34. The van der Waals surface area contributed by atoms with Crippen LogP contribution in [0.15, 0.2) is 18.2 Å². The Labute approximate surface area is 94.9 Å². The molecular formula is C9H9F2NO3S. The van der Waals surface area contributed by atoms with E-state index in [0.717, 1.165) is 6.07 Å². The molecule has 3 N–H and O–H groups in total. The minimum absolute atomic E-state index is 0.00466. The van der Waals surface area contributed by atoms with E-state index in [1.54, 1.807) is 0 Å². The fraction of sp³-hybridized carbons (Fsp3) is 0.222.